The van der Waals surface area contributed by atoms with Gasteiger partial charge in [-0.05, 0) is 31.2 Å². The van der Waals surface area contributed by atoms with E-state index in [0.29, 0.717) is 11.5 Å². The molecule has 1 aliphatic heterocycles. The molecule has 0 radical (unpaired) electrons. The number of hydrogen-bond acceptors (Lipinski definition) is 2. The molecule has 2 nitrogen and oxygen atoms in total. The van der Waals surface area contributed by atoms with Gasteiger partial charge < -0.3 is 11.1 Å². The molecule has 1 saturated heterocycles. The molecule has 0 amide bonds. The van der Waals surface area contributed by atoms with Crippen LogP contribution in [0.2, 0.25) is 0 Å². The average Bonchev–Trinajstić information content (AvgIpc) is 2.04. The molecule has 2 unspecified atom stereocenters. The van der Waals surface area contributed by atoms with Gasteiger partial charge in [0.15, 0.2) is 0 Å². The van der Waals surface area contributed by atoms with Crippen LogP contribution in [-0.2, 0) is 0 Å². The summed E-state index contributed by atoms with van der Waals surface area (Å²) in [6.45, 7) is 9.52. The van der Waals surface area contributed by atoms with Crippen LogP contribution in [0, 0.1) is 5.41 Å². The maximum Gasteiger partial charge on any atom is 0.0466 e. The van der Waals surface area contributed by atoms with E-state index < -0.39 is 0 Å². The highest BCUT2D eigenvalue weighted by Crippen LogP contribution is 2.35. The second-order valence-electron chi connectivity index (χ2n) is 4.60. The molecule has 76 valence electrons. The Labute approximate surface area is 81.6 Å². The van der Waals surface area contributed by atoms with E-state index in [-0.39, 0.29) is 0 Å². The molecule has 13 heavy (non-hydrogen) atoms. The fourth-order valence-electron chi connectivity index (χ4n) is 2.31. The normalized spacial score (nSPS) is 34.5. The first-order valence-electron chi connectivity index (χ1n) is 5.25. The van der Waals surface area contributed by atoms with Crippen LogP contribution in [0.3, 0.4) is 0 Å². The summed E-state index contributed by atoms with van der Waals surface area (Å²) in [6, 6.07) is 0.338. The van der Waals surface area contributed by atoms with E-state index in [2.05, 4.69) is 25.7 Å². The van der Waals surface area contributed by atoms with Crippen molar-refractivity contribution in [1.82, 2.24) is 5.32 Å². The van der Waals surface area contributed by atoms with Crippen LogP contribution in [0.1, 0.15) is 39.5 Å². The fraction of sp³-hybridized carbons (Fsp3) is 0.818. The van der Waals surface area contributed by atoms with Gasteiger partial charge in [-0.25, -0.2) is 0 Å². The molecule has 2 heteroatoms. The largest absolute Gasteiger partial charge is 0.401 e. The van der Waals surface area contributed by atoms with Crippen molar-refractivity contribution >= 4 is 0 Å². The Morgan fingerprint density at radius 2 is 2.38 bits per heavy atom. The van der Waals surface area contributed by atoms with Crippen LogP contribution in [0.5, 0.6) is 0 Å². The topological polar surface area (TPSA) is 38.0 Å². The predicted octanol–water partition coefficient (Wildman–Crippen LogP) is 2.02. The van der Waals surface area contributed by atoms with Crippen LogP contribution >= 0.6 is 0 Å². The van der Waals surface area contributed by atoms with Crippen molar-refractivity contribution in [2.24, 2.45) is 11.1 Å². The molecule has 1 fully saturated rings. The number of rotatable bonds is 3. The minimum absolute atomic E-state index is 0.338. The lowest BCUT2D eigenvalue weighted by Gasteiger charge is -2.39. The molecule has 1 aliphatic rings. The van der Waals surface area contributed by atoms with Gasteiger partial charge in [0.25, 0.3) is 0 Å². The minimum atomic E-state index is 0.338. The van der Waals surface area contributed by atoms with Crippen LogP contribution in [0.25, 0.3) is 0 Å². The standard InChI is InChI=1S/C11H22N2/c1-4-5-11(3)6-7-13-10(8-11)9(2)12/h10,13H,2,4-8,12H2,1,3H3. The first-order chi connectivity index (χ1) is 6.07. The summed E-state index contributed by atoms with van der Waals surface area (Å²) in [5, 5.41) is 3.41. The Hall–Kier alpha value is -0.500. The zero-order chi connectivity index (χ0) is 9.90. The zero-order valence-corrected chi connectivity index (χ0v) is 8.90. The molecule has 0 aromatic carbocycles. The summed E-state index contributed by atoms with van der Waals surface area (Å²) < 4.78 is 0. The molecule has 0 aromatic heterocycles. The van der Waals surface area contributed by atoms with E-state index in [1.165, 1.54) is 19.3 Å². The maximum absolute atomic E-state index is 5.73. The fourth-order valence-corrected chi connectivity index (χ4v) is 2.31. The highest BCUT2D eigenvalue weighted by molar-refractivity contribution is 5.04. The molecule has 0 bridgehead atoms. The molecule has 0 aromatic rings. The first-order valence-corrected chi connectivity index (χ1v) is 5.25. The molecule has 0 saturated carbocycles. The van der Waals surface area contributed by atoms with E-state index in [4.69, 9.17) is 5.73 Å². The molecular formula is C11H22N2. The smallest absolute Gasteiger partial charge is 0.0466 e. The lowest BCUT2D eigenvalue weighted by Crippen LogP contribution is -2.45. The number of piperidine rings is 1. The minimum Gasteiger partial charge on any atom is -0.401 e. The van der Waals surface area contributed by atoms with E-state index >= 15 is 0 Å². The molecule has 1 heterocycles. The second-order valence-corrected chi connectivity index (χ2v) is 4.60. The Morgan fingerprint density at radius 3 is 2.92 bits per heavy atom. The van der Waals surface area contributed by atoms with E-state index in [1.807, 2.05) is 0 Å². The van der Waals surface area contributed by atoms with Gasteiger partial charge in [-0.3, -0.25) is 0 Å². The zero-order valence-electron chi connectivity index (χ0n) is 8.90. The first kappa shape index (κ1) is 10.6. The van der Waals surface area contributed by atoms with Crippen molar-refractivity contribution in [3.63, 3.8) is 0 Å². The lowest BCUT2D eigenvalue weighted by atomic mass is 9.74. The third-order valence-corrected chi connectivity index (χ3v) is 3.12. The van der Waals surface area contributed by atoms with Crippen LogP contribution in [-0.4, -0.2) is 12.6 Å². The van der Waals surface area contributed by atoms with E-state index in [0.717, 1.165) is 18.7 Å². The van der Waals surface area contributed by atoms with Gasteiger partial charge in [-0.15, -0.1) is 0 Å². The van der Waals surface area contributed by atoms with Crippen LogP contribution < -0.4 is 11.1 Å². The number of hydrogen-bond donors (Lipinski definition) is 2. The molecule has 1 rings (SSSR count). The molecule has 0 spiro atoms. The van der Waals surface area contributed by atoms with Crippen molar-refractivity contribution < 1.29 is 0 Å². The van der Waals surface area contributed by atoms with Gasteiger partial charge >= 0.3 is 0 Å². The third kappa shape index (κ3) is 2.73. The Bertz CT molecular complexity index is 185. The summed E-state index contributed by atoms with van der Waals surface area (Å²) in [4.78, 5) is 0. The summed E-state index contributed by atoms with van der Waals surface area (Å²) >= 11 is 0. The molecule has 0 aliphatic carbocycles. The quantitative estimate of drug-likeness (QED) is 0.700. The monoisotopic (exact) mass is 182 g/mol. The summed E-state index contributed by atoms with van der Waals surface area (Å²) in [5.74, 6) is 0. The molecule has 2 atom stereocenters. The van der Waals surface area contributed by atoms with Crippen molar-refractivity contribution in [3.8, 4) is 0 Å². The van der Waals surface area contributed by atoms with Gasteiger partial charge in [0, 0.05) is 11.7 Å². The number of nitrogens with two attached hydrogens (primary N) is 1. The second kappa shape index (κ2) is 4.14. The highest BCUT2D eigenvalue weighted by Gasteiger charge is 2.31. The highest BCUT2D eigenvalue weighted by atomic mass is 15.0. The van der Waals surface area contributed by atoms with Gasteiger partial charge in [0.05, 0.1) is 0 Å². The Balaban J connectivity index is 2.54. The van der Waals surface area contributed by atoms with Crippen molar-refractivity contribution in [2.45, 2.75) is 45.6 Å². The predicted molar refractivity (Wildman–Crippen MR) is 57.4 cm³/mol. The Kier molecular flexibility index (Phi) is 3.37. The summed E-state index contributed by atoms with van der Waals surface area (Å²) in [6.07, 6.45) is 4.99. The molecule has 3 N–H and O–H groups in total. The van der Waals surface area contributed by atoms with Gasteiger partial charge in [0.1, 0.15) is 0 Å². The number of nitrogens with one attached hydrogen (secondary N) is 1. The van der Waals surface area contributed by atoms with Gasteiger partial charge in [-0.2, -0.15) is 0 Å². The maximum atomic E-state index is 5.73. The van der Waals surface area contributed by atoms with Crippen molar-refractivity contribution in [2.75, 3.05) is 6.54 Å². The Morgan fingerprint density at radius 1 is 1.69 bits per heavy atom. The van der Waals surface area contributed by atoms with Crippen molar-refractivity contribution in [1.29, 1.82) is 0 Å². The van der Waals surface area contributed by atoms with E-state index in [9.17, 15) is 0 Å². The summed E-state index contributed by atoms with van der Waals surface area (Å²) in [5.41, 5.74) is 7.00. The van der Waals surface area contributed by atoms with Gasteiger partial charge in [-0.1, -0.05) is 26.8 Å². The van der Waals surface area contributed by atoms with Crippen LogP contribution in [0.4, 0.5) is 0 Å². The average molecular weight is 182 g/mol. The van der Waals surface area contributed by atoms with Crippen molar-refractivity contribution in [3.05, 3.63) is 12.3 Å². The van der Waals surface area contributed by atoms with Gasteiger partial charge in [0.2, 0.25) is 0 Å². The molecular weight excluding hydrogens is 160 g/mol. The lowest BCUT2D eigenvalue weighted by molar-refractivity contribution is 0.182. The SMILES string of the molecule is C=C(N)C1CC(C)(CCC)CCN1. The van der Waals surface area contributed by atoms with E-state index in [1.54, 1.807) is 0 Å². The summed E-state index contributed by atoms with van der Waals surface area (Å²) in [7, 11) is 0. The van der Waals surface area contributed by atoms with Crippen LogP contribution in [0.15, 0.2) is 12.3 Å². The third-order valence-electron chi connectivity index (χ3n) is 3.12.